The standard InChI is InChI=1S/C21H26N4O/c1-2-23-11-13-24(14-12-23)21(26)18-7-9-22-20(15-18)25-10-8-17-5-3-4-6-19(17)16-25/h3-7,9,15H,2,8,10-14,16H2,1H3. The van der Waals surface area contributed by atoms with Crippen molar-refractivity contribution in [2.75, 3.05) is 44.2 Å². The molecule has 4 rings (SSSR count). The van der Waals surface area contributed by atoms with Gasteiger partial charge in [-0.1, -0.05) is 31.2 Å². The number of aromatic nitrogens is 1. The molecule has 0 radical (unpaired) electrons. The Morgan fingerprint density at radius 1 is 1.04 bits per heavy atom. The lowest BCUT2D eigenvalue weighted by molar-refractivity contribution is 0.0643. The van der Waals surface area contributed by atoms with Gasteiger partial charge >= 0.3 is 0 Å². The van der Waals surface area contributed by atoms with E-state index in [9.17, 15) is 4.79 Å². The highest BCUT2D eigenvalue weighted by atomic mass is 16.2. The molecule has 0 spiro atoms. The van der Waals surface area contributed by atoms with Crippen molar-refractivity contribution < 1.29 is 4.79 Å². The van der Waals surface area contributed by atoms with Gasteiger partial charge in [-0.25, -0.2) is 4.98 Å². The molecule has 1 amide bonds. The van der Waals surface area contributed by atoms with Crippen molar-refractivity contribution in [1.29, 1.82) is 0 Å². The Hall–Kier alpha value is -2.40. The molecule has 0 aliphatic carbocycles. The largest absolute Gasteiger partial charge is 0.352 e. The first-order valence-corrected chi connectivity index (χ1v) is 9.54. The maximum atomic E-state index is 12.9. The van der Waals surface area contributed by atoms with Crippen molar-refractivity contribution in [3.8, 4) is 0 Å². The smallest absolute Gasteiger partial charge is 0.254 e. The first-order chi connectivity index (χ1) is 12.7. The topological polar surface area (TPSA) is 39.7 Å². The Labute approximate surface area is 155 Å². The van der Waals surface area contributed by atoms with Gasteiger partial charge in [-0.05, 0) is 36.2 Å². The van der Waals surface area contributed by atoms with Gasteiger partial charge in [0.1, 0.15) is 5.82 Å². The van der Waals surface area contributed by atoms with E-state index in [-0.39, 0.29) is 5.91 Å². The summed E-state index contributed by atoms with van der Waals surface area (Å²) in [5, 5.41) is 0. The van der Waals surface area contributed by atoms with Gasteiger partial charge in [0, 0.05) is 51.0 Å². The molecule has 1 aromatic heterocycles. The zero-order valence-electron chi connectivity index (χ0n) is 15.4. The molecular weight excluding hydrogens is 324 g/mol. The van der Waals surface area contributed by atoms with Crippen molar-refractivity contribution in [3.05, 3.63) is 59.3 Å². The minimum atomic E-state index is 0.127. The number of hydrogen-bond donors (Lipinski definition) is 0. The molecule has 5 heteroatoms. The summed E-state index contributed by atoms with van der Waals surface area (Å²) in [7, 11) is 0. The third kappa shape index (κ3) is 3.44. The Balaban J connectivity index is 1.48. The third-order valence-corrected chi connectivity index (χ3v) is 5.55. The molecule has 0 N–H and O–H groups in total. The lowest BCUT2D eigenvalue weighted by Gasteiger charge is -2.34. The average Bonchev–Trinajstić information content (AvgIpc) is 2.73. The van der Waals surface area contributed by atoms with Gasteiger partial charge in [0.05, 0.1) is 0 Å². The molecule has 1 aromatic carbocycles. The van der Waals surface area contributed by atoms with Crippen molar-refractivity contribution in [1.82, 2.24) is 14.8 Å². The van der Waals surface area contributed by atoms with Crippen LogP contribution in [-0.4, -0.2) is 60.0 Å². The highest BCUT2D eigenvalue weighted by molar-refractivity contribution is 5.95. The number of hydrogen-bond acceptors (Lipinski definition) is 4. The van der Waals surface area contributed by atoms with Crippen molar-refractivity contribution in [2.24, 2.45) is 0 Å². The molecule has 5 nitrogen and oxygen atoms in total. The van der Waals surface area contributed by atoms with Gasteiger partial charge in [-0.2, -0.15) is 0 Å². The molecule has 0 bridgehead atoms. The Morgan fingerprint density at radius 3 is 2.58 bits per heavy atom. The molecule has 3 heterocycles. The quantitative estimate of drug-likeness (QED) is 0.852. The Morgan fingerprint density at radius 2 is 1.81 bits per heavy atom. The van der Waals surface area contributed by atoms with E-state index in [1.165, 1.54) is 11.1 Å². The second-order valence-corrected chi connectivity index (χ2v) is 7.07. The summed E-state index contributed by atoms with van der Waals surface area (Å²) < 4.78 is 0. The maximum absolute atomic E-state index is 12.9. The monoisotopic (exact) mass is 350 g/mol. The second-order valence-electron chi connectivity index (χ2n) is 7.07. The van der Waals surface area contributed by atoms with Crippen LogP contribution in [0, 0.1) is 0 Å². The van der Waals surface area contributed by atoms with Crippen molar-refractivity contribution in [2.45, 2.75) is 19.9 Å². The van der Waals surface area contributed by atoms with Crippen LogP contribution in [0.5, 0.6) is 0 Å². The summed E-state index contributed by atoms with van der Waals surface area (Å²) >= 11 is 0. The highest BCUT2D eigenvalue weighted by Crippen LogP contribution is 2.24. The number of fused-ring (bicyclic) bond motifs is 1. The third-order valence-electron chi connectivity index (χ3n) is 5.55. The second kappa shape index (κ2) is 7.46. The van der Waals surface area contributed by atoms with E-state index in [1.807, 2.05) is 17.0 Å². The molecule has 0 saturated carbocycles. The number of carbonyl (C=O) groups excluding carboxylic acids is 1. The zero-order valence-corrected chi connectivity index (χ0v) is 15.4. The lowest BCUT2D eigenvalue weighted by Crippen LogP contribution is -2.48. The molecule has 2 aliphatic heterocycles. The number of rotatable bonds is 3. The first-order valence-electron chi connectivity index (χ1n) is 9.54. The predicted octanol–water partition coefficient (Wildman–Crippen LogP) is 2.42. The molecule has 26 heavy (non-hydrogen) atoms. The Bertz CT molecular complexity index is 783. The van der Waals surface area contributed by atoms with E-state index in [2.05, 4.69) is 46.0 Å². The number of likely N-dealkylation sites (N-methyl/N-ethyl adjacent to an activating group) is 1. The van der Waals surface area contributed by atoms with Crippen molar-refractivity contribution in [3.63, 3.8) is 0 Å². The van der Waals surface area contributed by atoms with Crippen LogP contribution in [0.2, 0.25) is 0 Å². The highest BCUT2D eigenvalue weighted by Gasteiger charge is 2.23. The summed E-state index contributed by atoms with van der Waals surface area (Å²) in [5.74, 6) is 1.03. The number of pyridine rings is 1. The number of anilines is 1. The minimum absolute atomic E-state index is 0.127. The van der Waals surface area contributed by atoms with Crippen LogP contribution in [-0.2, 0) is 13.0 Å². The number of carbonyl (C=O) groups is 1. The Kier molecular flexibility index (Phi) is 4.89. The molecule has 2 aromatic rings. The maximum Gasteiger partial charge on any atom is 0.254 e. The molecule has 1 fully saturated rings. The summed E-state index contributed by atoms with van der Waals surface area (Å²) in [5.41, 5.74) is 3.52. The van der Waals surface area contributed by atoms with Crippen LogP contribution < -0.4 is 4.90 Å². The fourth-order valence-electron chi connectivity index (χ4n) is 3.87. The van der Waals surface area contributed by atoms with Gasteiger partial charge in [0.2, 0.25) is 0 Å². The van der Waals surface area contributed by atoms with E-state index in [4.69, 9.17) is 0 Å². The van der Waals surface area contributed by atoms with E-state index >= 15 is 0 Å². The number of amides is 1. The van der Waals surface area contributed by atoms with Crippen LogP contribution in [0.3, 0.4) is 0 Å². The van der Waals surface area contributed by atoms with Gasteiger partial charge in [-0.3, -0.25) is 4.79 Å². The molecule has 136 valence electrons. The molecule has 2 aliphatic rings. The van der Waals surface area contributed by atoms with Crippen LogP contribution in [0.4, 0.5) is 5.82 Å². The van der Waals surface area contributed by atoms with E-state index in [0.29, 0.717) is 0 Å². The molecule has 1 saturated heterocycles. The van der Waals surface area contributed by atoms with E-state index in [0.717, 1.165) is 63.6 Å². The van der Waals surface area contributed by atoms with Crippen LogP contribution in [0.1, 0.15) is 28.4 Å². The lowest BCUT2D eigenvalue weighted by atomic mass is 10.00. The van der Waals surface area contributed by atoms with Gasteiger partial charge in [-0.15, -0.1) is 0 Å². The first kappa shape index (κ1) is 17.0. The fourth-order valence-corrected chi connectivity index (χ4v) is 3.87. The molecular formula is C21H26N4O. The van der Waals surface area contributed by atoms with Crippen LogP contribution >= 0.6 is 0 Å². The van der Waals surface area contributed by atoms with Gasteiger partial charge in [0.15, 0.2) is 0 Å². The minimum Gasteiger partial charge on any atom is -0.352 e. The summed E-state index contributed by atoms with van der Waals surface area (Å²) in [6.45, 7) is 8.56. The van der Waals surface area contributed by atoms with Crippen LogP contribution in [0.15, 0.2) is 42.6 Å². The fraction of sp³-hybridized carbons (Fsp3) is 0.429. The molecule has 0 atom stereocenters. The van der Waals surface area contributed by atoms with Gasteiger partial charge in [0.25, 0.3) is 5.91 Å². The van der Waals surface area contributed by atoms with Crippen LogP contribution in [0.25, 0.3) is 0 Å². The average molecular weight is 350 g/mol. The number of piperazine rings is 1. The summed E-state index contributed by atoms with van der Waals surface area (Å²) in [4.78, 5) is 24.0. The predicted molar refractivity (Wildman–Crippen MR) is 103 cm³/mol. The van der Waals surface area contributed by atoms with E-state index < -0.39 is 0 Å². The summed E-state index contributed by atoms with van der Waals surface area (Å²) in [6.07, 6.45) is 2.79. The number of nitrogens with zero attached hydrogens (tertiary/aromatic N) is 4. The molecule has 0 unspecified atom stereocenters. The normalized spacial score (nSPS) is 17.9. The van der Waals surface area contributed by atoms with E-state index in [1.54, 1.807) is 6.20 Å². The van der Waals surface area contributed by atoms with Crippen molar-refractivity contribution >= 4 is 11.7 Å². The summed E-state index contributed by atoms with van der Waals surface area (Å²) in [6, 6.07) is 12.4. The number of benzene rings is 1. The SMILES string of the molecule is CCN1CCN(C(=O)c2ccnc(N3CCc4ccccc4C3)c2)CC1. The zero-order chi connectivity index (χ0) is 17.9. The van der Waals surface area contributed by atoms with Gasteiger partial charge < -0.3 is 14.7 Å².